The molecule has 100 valence electrons. The molecule has 2 aromatic rings. The molecule has 1 atom stereocenters. The molecule has 1 aliphatic rings. The molecule has 1 unspecified atom stereocenters. The Labute approximate surface area is 114 Å². The molecule has 1 aliphatic heterocycles. The number of nitrogens with one attached hydrogen (secondary N) is 1. The maximum absolute atomic E-state index is 11.8. The van der Waals surface area contributed by atoms with Gasteiger partial charge in [0.2, 0.25) is 0 Å². The second-order valence-electron chi connectivity index (χ2n) is 4.41. The molecule has 19 heavy (non-hydrogen) atoms. The van der Waals surface area contributed by atoms with Gasteiger partial charge in [-0.3, -0.25) is 9.48 Å². The van der Waals surface area contributed by atoms with Crippen LogP contribution in [0.2, 0.25) is 0 Å². The minimum absolute atomic E-state index is 0.173. The van der Waals surface area contributed by atoms with Crippen molar-refractivity contribution in [3.63, 3.8) is 0 Å². The van der Waals surface area contributed by atoms with Gasteiger partial charge < -0.3 is 10.1 Å². The quantitative estimate of drug-likeness (QED) is 0.906. The zero-order chi connectivity index (χ0) is 13.2. The van der Waals surface area contributed by atoms with E-state index in [1.807, 2.05) is 13.2 Å². The van der Waals surface area contributed by atoms with Crippen LogP contribution >= 0.6 is 11.3 Å². The van der Waals surface area contributed by atoms with Gasteiger partial charge in [0.25, 0.3) is 5.91 Å². The maximum Gasteiger partial charge on any atom is 0.270 e. The van der Waals surface area contributed by atoms with E-state index in [0.29, 0.717) is 18.8 Å². The summed E-state index contributed by atoms with van der Waals surface area (Å²) >= 11 is 1.40. The summed E-state index contributed by atoms with van der Waals surface area (Å²) in [6.45, 7) is 1.08. The highest BCUT2D eigenvalue weighted by Crippen LogP contribution is 2.24. The number of aromatic nitrogens is 3. The highest BCUT2D eigenvalue weighted by Gasteiger charge is 2.24. The van der Waals surface area contributed by atoms with Crippen LogP contribution in [0.3, 0.4) is 0 Å². The van der Waals surface area contributed by atoms with E-state index >= 15 is 0 Å². The SMILES string of the molecule is Cn1cc2c(n1)C(CNC(=O)c1cscn1)OCC2. The number of amides is 1. The fraction of sp³-hybridized carbons (Fsp3) is 0.417. The molecular weight excluding hydrogens is 264 g/mol. The van der Waals surface area contributed by atoms with Gasteiger partial charge in [0.05, 0.1) is 17.8 Å². The summed E-state index contributed by atoms with van der Waals surface area (Å²) in [5.74, 6) is -0.173. The van der Waals surface area contributed by atoms with E-state index in [2.05, 4.69) is 15.4 Å². The number of carbonyl (C=O) groups excluding carboxylic acids is 1. The van der Waals surface area contributed by atoms with E-state index in [1.165, 1.54) is 16.9 Å². The lowest BCUT2D eigenvalue weighted by atomic mass is 10.1. The fourth-order valence-electron chi connectivity index (χ4n) is 2.16. The zero-order valence-corrected chi connectivity index (χ0v) is 11.3. The lowest BCUT2D eigenvalue weighted by Crippen LogP contribution is -2.32. The van der Waals surface area contributed by atoms with Crippen molar-refractivity contribution in [2.45, 2.75) is 12.5 Å². The van der Waals surface area contributed by atoms with Crippen molar-refractivity contribution >= 4 is 17.2 Å². The minimum Gasteiger partial charge on any atom is -0.370 e. The molecule has 3 heterocycles. The molecule has 0 bridgehead atoms. The number of nitrogens with zero attached hydrogens (tertiary/aromatic N) is 3. The summed E-state index contributed by atoms with van der Waals surface area (Å²) in [7, 11) is 1.89. The first kappa shape index (κ1) is 12.3. The summed E-state index contributed by atoms with van der Waals surface area (Å²) in [5, 5.41) is 8.96. The van der Waals surface area contributed by atoms with Gasteiger partial charge in [-0.2, -0.15) is 5.10 Å². The van der Waals surface area contributed by atoms with Crippen molar-refractivity contribution in [2.24, 2.45) is 7.05 Å². The molecule has 7 heteroatoms. The van der Waals surface area contributed by atoms with Crippen LogP contribution < -0.4 is 5.32 Å². The second kappa shape index (κ2) is 5.10. The molecular formula is C12H14N4O2S. The summed E-state index contributed by atoms with van der Waals surface area (Å²) < 4.78 is 7.46. The van der Waals surface area contributed by atoms with E-state index in [0.717, 1.165) is 12.1 Å². The van der Waals surface area contributed by atoms with Crippen molar-refractivity contribution in [1.29, 1.82) is 0 Å². The van der Waals surface area contributed by atoms with E-state index in [1.54, 1.807) is 15.6 Å². The van der Waals surface area contributed by atoms with Gasteiger partial charge in [-0.25, -0.2) is 4.98 Å². The van der Waals surface area contributed by atoms with Crippen molar-refractivity contribution < 1.29 is 9.53 Å². The molecule has 0 spiro atoms. The first-order valence-corrected chi connectivity index (χ1v) is 6.98. The average Bonchev–Trinajstić information content (AvgIpc) is 3.03. The van der Waals surface area contributed by atoms with Crippen LogP contribution in [0.4, 0.5) is 0 Å². The monoisotopic (exact) mass is 278 g/mol. The maximum atomic E-state index is 11.8. The predicted molar refractivity (Wildman–Crippen MR) is 70.1 cm³/mol. The summed E-state index contributed by atoms with van der Waals surface area (Å²) in [6, 6.07) is 0. The highest BCUT2D eigenvalue weighted by atomic mass is 32.1. The third-order valence-corrected chi connectivity index (χ3v) is 3.63. The zero-order valence-electron chi connectivity index (χ0n) is 10.5. The number of hydrogen-bond donors (Lipinski definition) is 1. The van der Waals surface area contributed by atoms with Crippen LogP contribution in [-0.2, 0) is 18.2 Å². The van der Waals surface area contributed by atoms with E-state index in [4.69, 9.17) is 4.74 Å². The first-order valence-electron chi connectivity index (χ1n) is 6.04. The van der Waals surface area contributed by atoms with Crippen LogP contribution in [0.25, 0.3) is 0 Å². The Morgan fingerprint density at radius 2 is 2.58 bits per heavy atom. The number of aryl methyl sites for hydroxylation is 1. The van der Waals surface area contributed by atoms with Crippen LogP contribution in [0, 0.1) is 0 Å². The number of carbonyl (C=O) groups is 1. The molecule has 0 aromatic carbocycles. The van der Waals surface area contributed by atoms with Crippen LogP contribution in [0.5, 0.6) is 0 Å². The van der Waals surface area contributed by atoms with Crippen molar-refractivity contribution in [1.82, 2.24) is 20.1 Å². The van der Waals surface area contributed by atoms with Gasteiger partial charge in [-0.05, 0) is 12.0 Å². The van der Waals surface area contributed by atoms with E-state index < -0.39 is 0 Å². The van der Waals surface area contributed by atoms with Gasteiger partial charge in [0.15, 0.2) is 0 Å². The van der Waals surface area contributed by atoms with Crippen LogP contribution in [0.15, 0.2) is 17.1 Å². The predicted octanol–water partition coefficient (Wildman–Crippen LogP) is 0.920. The Bertz CT molecular complexity index is 579. The molecule has 0 aliphatic carbocycles. The number of fused-ring (bicyclic) bond motifs is 1. The molecule has 0 radical (unpaired) electrons. The van der Waals surface area contributed by atoms with Gasteiger partial charge in [-0.1, -0.05) is 0 Å². The summed E-state index contributed by atoms with van der Waals surface area (Å²) in [4.78, 5) is 15.8. The molecule has 1 amide bonds. The topological polar surface area (TPSA) is 69.0 Å². The number of hydrogen-bond acceptors (Lipinski definition) is 5. The van der Waals surface area contributed by atoms with Gasteiger partial charge in [-0.15, -0.1) is 11.3 Å². The molecule has 0 saturated carbocycles. The molecule has 0 saturated heterocycles. The Hall–Kier alpha value is -1.73. The van der Waals surface area contributed by atoms with E-state index in [9.17, 15) is 4.79 Å². The standard InChI is InChI=1S/C12H14N4O2S/c1-16-5-8-2-3-18-10(11(8)15-16)4-13-12(17)9-6-19-7-14-9/h5-7,10H,2-4H2,1H3,(H,13,17). The molecule has 6 nitrogen and oxygen atoms in total. The smallest absolute Gasteiger partial charge is 0.270 e. The van der Waals surface area contributed by atoms with Gasteiger partial charge in [0, 0.05) is 25.2 Å². The third kappa shape index (κ3) is 2.52. The largest absolute Gasteiger partial charge is 0.370 e. The fourth-order valence-corrected chi connectivity index (χ4v) is 2.70. The normalized spacial score (nSPS) is 18.1. The second-order valence-corrected chi connectivity index (χ2v) is 5.13. The van der Waals surface area contributed by atoms with Crippen LogP contribution in [-0.4, -0.2) is 33.8 Å². The summed E-state index contributed by atoms with van der Waals surface area (Å²) in [6.07, 6.45) is 2.71. The minimum atomic E-state index is -0.174. The Balaban J connectivity index is 1.66. The molecule has 3 rings (SSSR count). The lowest BCUT2D eigenvalue weighted by Gasteiger charge is -2.22. The molecule has 1 N–H and O–H groups in total. The Kier molecular flexibility index (Phi) is 3.31. The first-order chi connectivity index (χ1) is 9.24. The van der Waals surface area contributed by atoms with Crippen molar-refractivity contribution in [3.05, 3.63) is 34.0 Å². The van der Waals surface area contributed by atoms with Crippen molar-refractivity contribution in [2.75, 3.05) is 13.2 Å². The molecule has 0 fully saturated rings. The number of thiazole rings is 1. The van der Waals surface area contributed by atoms with Gasteiger partial charge >= 0.3 is 0 Å². The van der Waals surface area contributed by atoms with Crippen molar-refractivity contribution in [3.8, 4) is 0 Å². The average molecular weight is 278 g/mol. The highest BCUT2D eigenvalue weighted by molar-refractivity contribution is 7.07. The number of rotatable bonds is 3. The van der Waals surface area contributed by atoms with Crippen LogP contribution in [0.1, 0.15) is 27.8 Å². The lowest BCUT2D eigenvalue weighted by molar-refractivity contribution is 0.0383. The third-order valence-electron chi connectivity index (χ3n) is 3.05. The summed E-state index contributed by atoms with van der Waals surface area (Å²) in [5.41, 5.74) is 4.21. The van der Waals surface area contributed by atoms with E-state index in [-0.39, 0.29) is 12.0 Å². The Morgan fingerprint density at radius 1 is 1.68 bits per heavy atom. The molecule has 2 aromatic heterocycles. The Morgan fingerprint density at radius 3 is 3.37 bits per heavy atom. The number of ether oxygens (including phenoxy) is 1. The van der Waals surface area contributed by atoms with Gasteiger partial charge in [0.1, 0.15) is 11.8 Å².